The Morgan fingerprint density at radius 3 is 2.47 bits per heavy atom. The van der Waals surface area contributed by atoms with Gasteiger partial charge in [-0.1, -0.05) is 59.3 Å². The molecule has 4 rings (SSSR count). The van der Waals surface area contributed by atoms with E-state index in [0.717, 1.165) is 16.8 Å². The van der Waals surface area contributed by atoms with Crippen LogP contribution < -0.4 is 4.90 Å². The number of nitrogens with zero attached hydrogens (tertiary/aromatic N) is 4. The van der Waals surface area contributed by atoms with Gasteiger partial charge in [-0.25, -0.2) is 0 Å². The van der Waals surface area contributed by atoms with Crippen molar-refractivity contribution in [2.45, 2.75) is 26.3 Å². The van der Waals surface area contributed by atoms with Crippen LogP contribution in [0.3, 0.4) is 0 Å². The molecular weight excluding hydrogens is 376 g/mol. The SMILES string of the molecule is Cc1ccc(N(Cc2ccccc2)C(=O)CCc2nc(-c3ccccn3)no2)cc1. The second-order valence-corrected chi connectivity index (χ2v) is 7.03. The molecule has 6 nitrogen and oxygen atoms in total. The van der Waals surface area contributed by atoms with Crippen LogP contribution in [0.4, 0.5) is 5.69 Å². The number of anilines is 1. The Morgan fingerprint density at radius 1 is 0.967 bits per heavy atom. The first-order valence-corrected chi connectivity index (χ1v) is 9.84. The van der Waals surface area contributed by atoms with Gasteiger partial charge in [0.1, 0.15) is 5.69 Å². The van der Waals surface area contributed by atoms with E-state index in [0.29, 0.717) is 30.4 Å². The van der Waals surface area contributed by atoms with Crippen LogP contribution in [0.25, 0.3) is 11.5 Å². The van der Waals surface area contributed by atoms with Crippen LogP contribution in [0.1, 0.15) is 23.4 Å². The first-order chi connectivity index (χ1) is 14.7. The molecular formula is C24H22N4O2. The summed E-state index contributed by atoms with van der Waals surface area (Å²) in [5.74, 6) is 0.852. The molecule has 0 bridgehead atoms. The van der Waals surface area contributed by atoms with Crippen molar-refractivity contribution in [1.29, 1.82) is 0 Å². The van der Waals surface area contributed by atoms with Crippen LogP contribution in [0.2, 0.25) is 0 Å². The molecule has 2 aromatic heterocycles. The number of carbonyl (C=O) groups is 1. The Kier molecular flexibility index (Phi) is 5.94. The molecule has 0 saturated heterocycles. The van der Waals surface area contributed by atoms with Crippen LogP contribution in [0, 0.1) is 6.92 Å². The van der Waals surface area contributed by atoms with E-state index in [4.69, 9.17) is 4.52 Å². The monoisotopic (exact) mass is 398 g/mol. The number of aryl methyl sites for hydroxylation is 2. The van der Waals surface area contributed by atoms with Gasteiger partial charge in [0.05, 0.1) is 6.54 Å². The molecule has 0 aliphatic heterocycles. The first-order valence-electron chi connectivity index (χ1n) is 9.84. The van der Waals surface area contributed by atoms with Crippen molar-refractivity contribution < 1.29 is 9.32 Å². The Bertz CT molecular complexity index is 1090. The van der Waals surface area contributed by atoms with Crippen molar-refractivity contribution in [3.63, 3.8) is 0 Å². The van der Waals surface area contributed by atoms with Crippen molar-refractivity contribution in [3.8, 4) is 11.5 Å². The topological polar surface area (TPSA) is 72.1 Å². The van der Waals surface area contributed by atoms with Gasteiger partial charge < -0.3 is 9.42 Å². The summed E-state index contributed by atoms with van der Waals surface area (Å²) in [4.78, 5) is 23.5. The predicted molar refractivity (Wildman–Crippen MR) is 115 cm³/mol. The lowest BCUT2D eigenvalue weighted by Gasteiger charge is -2.23. The van der Waals surface area contributed by atoms with Gasteiger partial charge in [0.15, 0.2) is 0 Å². The van der Waals surface area contributed by atoms with Gasteiger partial charge in [-0.2, -0.15) is 4.98 Å². The predicted octanol–water partition coefficient (Wildman–Crippen LogP) is 4.61. The number of hydrogen-bond acceptors (Lipinski definition) is 5. The fourth-order valence-corrected chi connectivity index (χ4v) is 3.12. The smallest absolute Gasteiger partial charge is 0.227 e. The van der Waals surface area contributed by atoms with Gasteiger partial charge in [-0.15, -0.1) is 0 Å². The van der Waals surface area contributed by atoms with Gasteiger partial charge in [-0.05, 0) is 36.8 Å². The van der Waals surface area contributed by atoms with Crippen molar-refractivity contribution >= 4 is 11.6 Å². The van der Waals surface area contributed by atoms with Crippen LogP contribution in [-0.2, 0) is 17.8 Å². The maximum absolute atomic E-state index is 13.1. The summed E-state index contributed by atoms with van der Waals surface area (Å²) in [5, 5.41) is 3.97. The van der Waals surface area contributed by atoms with Gasteiger partial charge in [0, 0.05) is 24.7 Å². The molecule has 30 heavy (non-hydrogen) atoms. The number of hydrogen-bond donors (Lipinski definition) is 0. The molecule has 2 aromatic carbocycles. The third-order valence-corrected chi connectivity index (χ3v) is 4.75. The number of benzene rings is 2. The summed E-state index contributed by atoms with van der Waals surface area (Å²) in [6.07, 6.45) is 2.32. The maximum Gasteiger partial charge on any atom is 0.227 e. The van der Waals surface area contributed by atoms with Crippen molar-refractivity contribution in [2.24, 2.45) is 0 Å². The molecule has 0 unspecified atom stereocenters. The zero-order chi connectivity index (χ0) is 20.8. The molecule has 0 spiro atoms. The molecule has 6 heteroatoms. The Balaban J connectivity index is 1.48. The van der Waals surface area contributed by atoms with Gasteiger partial charge in [0.2, 0.25) is 17.6 Å². The molecule has 150 valence electrons. The third kappa shape index (κ3) is 4.78. The van der Waals surface area contributed by atoms with E-state index in [9.17, 15) is 4.79 Å². The number of pyridine rings is 1. The molecule has 1 amide bonds. The highest BCUT2D eigenvalue weighted by Gasteiger charge is 2.18. The lowest BCUT2D eigenvalue weighted by molar-refractivity contribution is -0.118. The highest BCUT2D eigenvalue weighted by Crippen LogP contribution is 2.20. The summed E-state index contributed by atoms with van der Waals surface area (Å²) in [5.41, 5.74) is 3.73. The highest BCUT2D eigenvalue weighted by atomic mass is 16.5. The van der Waals surface area contributed by atoms with Gasteiger partial charge >= 0.3 is 0 Å². The first kappa shape index (κ1) is 19.5. The minimum Gasteiger partial charge on any atom is -0.339 e. The van der Waals surface area contributed by atoms with Crippen LogP contribution in [0.15, 0.2) is 83.5 Å². The van der Waals surface area contributed by atoms with E-state index < -0.39 is 0 Å². The molecule has 0 radical (unpaired) electrons. The largest absolute Gasteiger partial charge is 0.339 e. The highest BCUT2D eigenvalue weighted by molar-refractivity contribution is 5.93. The normalized spacial score (nSPS) is 10.7. The average molecular weight is 398 g/mol. The van der Waals surface area contributed by atoms with Gasteiger partial charge in [0.25, 0.3) is 0 Å². The molecule has 2 heterocycles. The lowest BCUT2D eigenvalue weighted by Crippen LogP contribution is -2.30. The molecule has 0 aliphatic rings. The number of aromatic nitrogens is 3. The quantitative estimate of drug-likeness (QED) is 0.455. The second kappa shape index (κ2) is 9.13. The number of carbonyl (C=O) groups excluding carboxylic acids is 1. The fraction of sp³-hybridized carbons (Fsp3) is 0.167. The Labute approximate surface area is 175 Å². The summed E-state index contributed by atoms with van der Waals surface area (Å²) >= 11 is 0. The zero-order valence-electron chi connectivity index (χ0n) is 16.7. The number of amides is 1. The molecule has 0 aliphatic carbocycles. The zero-order valence-corrected chi connectivity index (χ0v) is 16.7. The average Bonchev–Trinajstić information content (AvgIpc) is 3.27. The van der Waals surface area contributed by atoms with E-state index >= 15 is 0 Å². The number of rotatable bonds is 7. The summed E-state index contributed by atoms with van der Waals surface area (Å²) in [6.45, 7) is 2.54. The Hall–Kier alpha value is -3.80. The van der Waals surface area contributed by atoms with Crippen LogP contribution in [-0.4, -0.2) is 21.0 Å². The van der Waals surface area contributed by atoms with E-state index in [2.05, 4.69) is 15.1 Å². The second-order valence-electron chi connectivity index (χ2n) is 7.03. The minimum atomic E-state index is 0.000271. The third-order valence-electron chi connectivity index (χ3n) is 4.75. The van der Waals surface area contributed by atoms with Crippen molar-refractivity contribution in [2.75, 3.05) is 4.90 Å². The van der Waals surface area contributed by atoms with E-state index in [1.165, 1.54) is 0 Å². The van der Waals surface area contributed by atoms with E-state index in [-0.39, 0.29) is 12.3 Å². The molecule has 0 N–H and O–H groups in total. The lowest BCUT2D eigenvalue weighted by atomic mass is 10.1. The molecule has 4 aromatic rings. The Morgan fingerprint density at radius 2 is 1.73 bits per heavy atom. The summed E-state index contributed by atoms with van der Waals surface area (Å²) < 4.78 is 5.32. The summed E-state index contributed by atoms with van der Waals surface area (Å²) in [6, 6.07) is 23.4. The minimum absolute atomic E-state index is 0.000271. The van der Waals surface area contributed by atoms with Crippen LogP contribution in [0.5, 0.6) is 0 Å². The van der Waals surface area contributed by atoms with Crippen molar-refractivity contribution in [3.05, 3.63) is 96.0 Å². The summed E-state index contributed by atoms with van der Waals surface area (Å²) in [7, 11) is 0. The van der Waals surface area contributed by atoms with E-state index in [1.54, 1.807) is 11.1 Å². The van der Waals surface area contributed by atoms with Crippen molar-refractivity contribution in [1.82, 2.24) is 15.1 Å². The van der Waals surface area contributed by atoms with Gasteiger partial charge in [-0.3, -0.25) is 9.78 Å². The fourth-order valence-electron chi connectivity index (χ4n) is 3.12. The standard InChI is InChI=1S/C24H22N4O2/c1-18-10-12-20(13-11-18)28(17-19-7-3-2-4-8-19)23(29)15-14-22-26-24(27-30-22)21-9-5-6-16-25-21/h2-13,16H,14-15,17H2,1H3. The molecule has 0 fully saturated rings. The molecule has 0 saturated carbocycles. The molecule has 0 atom stereocenters. The van der Waals surface area contributed by atoms with Crippen LogP contribution >= 0.6 is 0 Å². The maximum atomic E-state index is 13.1. The van der Waals surface area contributed by atoms with E-state index in [1.807, 2.05) is 79.7 Å².